The Labute approximate surface area is 440 Å². The van der Waals surface area contributed by atoms with Gasteiger partial charge in [-0.2, -0.15) is 10.2 Å². The van der Waals surface area contributed by atoms with Gasteiger partial charge in [0.05, 0.1) is 17.1 Å². The van der Waals surface area contributed by atoms with Gasteiger partial charge >= 0.3 is 17.9 Å². The molecule has 0 aromatic heterocycles. The smallest absolute Gasteiger partial charge is 0.303 e. The molecule has 414 valence electrons. The van der Waals surface area contributed by atoms with Gasteiger partial charge in [0.15, 0.2) is 18.4 Å². The number of rotatable bonds is 45. The van der Waals surface area contributed by atoms with Gasteiger partial charge in [-0.05, 0) is 77.0 Å². The van der Waals surface area contributed by atoms with Crippen LogP contribution in [0.2, 0.25) is 0 Å². The number of carbonyl (C=O) groups is 3. The van der Waals surface area contributed by atoms with E-state index >= 15 is 0 Å². The van der Waals surface area contributed by atoms with Crippen LogP contribution in [0.15, 0.2) is 80.7 Å². The number of nitrogens with zero attached hydrogens (tertiary/aromatic N) is 5. The predicted molar refractivity (Wildman–Crippen MR) is 300 cm³/mol. The van der Waals surface area contributed by atoms with E-state index < -0.39 is 42.4 Å². The number of hydrazine groups is 1. The Balaban J connectivity index is 2.88. The van der Waals surface area contributed by atoms with Crippen LogP contribution in [0.25, 0.3) is 0 Å². The minimum Gasteiger partial charge on any atom is -0.463 e. The van der Waals surface area contributed by atoms with Crippen molar-refractivity contribution in [1.29, 1.82) is 0 Å². The Morgan fingerprint density at radius 1 is 0.562 bits per heavy atom. The van der Waals surface area contributed by atoms with Crippen molar-refractivity contribution < 1.29 is 33.3 Å². The summed E-state index contributed by atoms with van der Waals surface area (Å²) in [6, 6.07) is 0. The number of esters is 3. The first-order valence-corrected chi connectivity index (χ1v) is 27.5. The summed E-state index contributed by atoms with van der Waals surface area (Å²) in [5.74, 6) is 16.1. The van der Waals surface area contributed by atoms with Gasteiger partial charge in [-0.3, -0.25) is 35.1 Å². The third-order valence-corrected chi connectivity index (χ3v) is 11.9. The van der Waals surface area contributed by atoms with Crippen LogP contribution in [0.3, 0.4) is 0 Å². The molecule has 0 aromatic rings. The van der Waals surface area contributed by atoms with E-state index in [2.05, 4.69) is 93.4 Å². The number of ether oxygens (including phenoxy) is 4. The molecule has 0 aromatic carbocycles. The van der Waals surface area contributed by atoms with Crippen LogP contribution in [0, 0.1) is 0 Å². The molecule has 2 unspecified atom stereocenters. The molecule has 4 atom stereocenters. The average Bonchev–Trinajstić information content (AvgIpc) is 3.68. The second-order valence-electron chi connectivity index (χ2n) is 18.7. The monoisotopic (exact) mass is 1020 g/mol. The molecule has 0 radical (unpaired) electrons. The molecule has 0 spiro atoms. The van der Waals surface area contributed by atoms with Crippen molar-refractivity contribution in [2.24, 2.45) is 37.7 Å². The molecule has 1 aliphatic heterocycles. The van der Waals surface area contributed by atoms with Gasteiger partial charge in [0.2, 0.25) is 0 Å². The van der Waals surface area contributed by atoms with Gasteiger partial charge in [-0.25, -0.2) is 0 Å². The molecule has 0 amide bonds. The van der Waals surface area contributed by atoms with E-state index in [0.717, 1.165) is 51.4 Å². The lowest BCUT2D eigenvalue weighted by molar-refractivity contribution is -0.165. The van der Waals surface area contributed by atoms with Crippen molar-refractivity contribution in [2.45, 2.75) is 213 Å². The highest BCUT2D eigenvalue weighted by Crippen LogP contribution is 2.27. The van der Waals surface area contributed by atoms with Gasteiger partial charge < -0.3 is 41.4 Å². The Hall–Kier alpha value is -5.13. The predicted octanol–water partition coefficient (Wildman–Crippen LogP) is 9.73. The molecular weight excluding hydrogens is 925 g/mol. The quantitative estimate of drug-likeness (QED) is 0.00726. The SMILES string of the molecule is CCCCC/C=C\C/C=C\CCCCCCCCN=CC(CN(CC(C=NCCCCCCCC/C=C\C/C=C\CCCCC)=NN)C/C(=C/N[C@@H]1O[C@H](COC(C)=O)C(OC(C)=O)C1OC(C)=O)NN)=NN. The summed E-state index contributed by atoms with van der Waals surface area (Å²) in [6.45, 7) is 9.98. The number of hydrazone groups is 2. The normalized spacial score (nSPS) is 18.0. The molecule has 0 aliphatic carbocycles. The number of nitrogens with two attached hydrogens (primary N) is 3. The third kappa shape index (κ3) is 37.3. The first kappa shape index (κ1) is 65.9. The summed E-state index contributed by atoms with van der Waals surface area (Å²) in [7, 11) is 0. The van der Waals surface area contributed by atoms with Crippen LogP contribution in [-0.2, 0) is 33.3 Å². The molecule has 0 bridgehead atoms. The van der Waals surface area contributed by atoms with Crippen molar-refractivity contribution >= 4 is 41.8 Å². The molecular formula is C56H98N10O7. The minimum absolute atomic E-state index is 0.205. The fourth-order valence-electron chi connectivity index (χ4n) is 7.98. The highest BCUT2D eigenvalue weighted by atomic mass is 16.7. The summed E-state index contributed by atoms with van der Waals surface area (Å²) >= 11 is 0. The number of carbonyl (C=O) groups excluding carboxylic acids is 3. The van der Waals surface area contributed by atoms with Gasteiger partial charge in [0, 0.05) is 72.1 Å². The molecule has 73 heavy (non-hydrogen) atoms. The first-order chi connectivity index (χ1) is 35.6. The number of hydrogen-bond donors (Lipinski definition) is 5. The molecule has 1 fully saturated rings. The molecule has 1 heterocycles. The zero-order chi connectivity index (χ0) is 53.4. The lowest BCUT2D eigenvalue weighted by Gasteiger charge is -2.25. The Morgan fingerprint density at radius 3 is 1.40 bits per heavy atom. The van der Waals surface area contributed by atoms with E-state index in [1.54, 1.807) is 18.6 Å². The molecule has 8 N–H and O–H groups in total. The molecule has 1 saturated heterocycles. The van der Waals surface area contributed by atoms with Crippen LogP contribution < -0.4 is 28.3 Å². The fourth-order valence-corrected chi connectivity index (χ4v) is 7.98. The molecule has 17 nitrogen and oxygen atoms in total. The highest BCUT2D eigenvalue weighted by molar-refractivity contribution is 6.33. The van der Waals surface area contributed by atoms with Crippen molar-refractivity contribution in [3.05, 3.63) is 60.5 Å². The van der Waals surface area contributed by atoms with Crippen LogP contribution in [-0.4, -0.2) is 111 Å². The van der Waals surface area contributed by atoms with E-state index in [1.807, 2.05) is 4.90 Å². The second-order valence-corrected chi connectivity index (χ2v) is 18.7. The summed E-state index contributed by atoms with van der Waals surface area (Å²) < 4.78 is 22.3. The van der Waals surface area contributed by atoms with E-state index in [1.165, 1.54) is 124 Å². The van der Waals surface area contributed by atoms with Crippen molar-refractivity contribution in [1.82, 2.24) is 15.6 Å². The summed E-state index contributed by atoms with van der Waals surface area (Å²) in [5.41, 5.74) is 4.26. The highest BCUT2D eigenvalue weighted by Gasteiger charge is 2.49. The van der Waals surface area contributed by atoms with Gasteiger partial charge in [0.25, 0.3) is 0 Å². The van der Waals surface area contributed by atoms with Crippen molar-refractivity contribution in [2.75, 3.05) is 39.3 Å². The van der Waals surface area contributed by atoms with Crippen molar-refractivity contribution in [3.8, 4) is 0 Å². The van der Waals surface area contributed by atoms with E-state index in [0.29, 0.717) is 30.2 Å². The molecule has 0 saturated carbocycles. The Kier molecular flexibility index (Phi) is 42.1. The maximum absolute atomic E-state index is 12.2. The molecule has 1 aliphatic rings. The third-order valence-electron chi connectivity index (χ3n) is 11.9. The lowest BCUT2D eigenvalue weighted by Crippen LogP contribution is -2.45. The van der Waals surface area contributed by atoms with Crippen LogP contribution in [0.4, 0.5) is 0 Å². The minimum atomic E-state index is -1.08. The summed E-state index contributed by atoms with van der Waals surface area (Å²) in [6.07, 6.45) is 47.4. The van der Waals surface area contributed by atoms with E-state index in [9.17, 15) is 14.4 Å². The van der Waals surface area contributed by atoms with Crippen LogP contribution >= 0.6 is 0 Å². The number of nitrogens with one attached hydrogen (secondary N) is 2. The zero-order valence-corrected chi connectivity index (χ0v) is 45.7. The Morgan fingerprint density at radius 2 is 0.986 bits per heavy atom. The fraction of sp³-hybridized carbons (Fsp3) is 0.696. The zero-order valence-electron chi connectivity index (χ0n) is 45.7. The molecule has 1 rings (SSSR count). The lowest BCUT2D eigenvalue weighted by atomic mass is 10.1. The van der Waals surface area contributed by atoms with E-state index in [4.69, 9.17) is 36.5 Å². The first-order valence-electron chi connectivity index (χ1n) is 27.5. The van der Waals surface area contributed by atoms with Gasteiger partial charge in [0.1, 0.15) is 12.7 Å². The standard InChI is InChI=1S/C56H98N10O7/c1-6-8-10-12-14-16-18-20-22-24-26-28-30-32-34-36-38-60-40-50(63-57)43-66(44-51(64-58)41-61-39-37-35-33-31-29-27-25-23-21-19-17-15-13-11-9-7-2)45-52(65-59)42-62-56-55(72-49(5)69)54(71-48(4)68)53(73-56)46-70-47(3)67/h14-17,20-23,40-42,53-56,62,65H,6-13,18-19,24-39,43-46,57-59H2,1-5H3/b16-14-,17-15-,22-20-,23-21-,52-42-,60-40?,61-41?,63-50?,64-51?/t53-,54?,55?,56-/m1/s1. The number of allylic oxidation sites excluding steroid dienone is 8. The second kappa shape index (κ2) is 46.6. The number of hydrogen-bond acceptors (Lipinski definition) is 17. The van der Waals surface area contributed by atoms with Crippen LogP contribution in [0.1, 0.15) is 189 Å². The molecule has 17 heteroatoms. The maximum atomic E-state index is 12.2. The summed E-state index contributed by atoms with van der Waals surface area (Å²) in [5, 5.41) is 11.2. The van der Waals surface area contributed by atoms with E-state index in [-0.39, 0.29) is 26.2 Å². The largest absolute Gasteiger partial charge is 0.463 e. The average molecular weight is 1020 g/mol. The summed E-state index contributed by atoms with van der Waals surface area (Å²) in [4.78, 5) is 47.1. The van der Waals surface area contributed by atoms with Gasteiger partial charge in [-0.1, -0.05) is 140 Å². The van der Waals surface area contributed by atoms with Crippen molar-refractivity contribution in [3.63, 3.8) is 0 Å². The topological polar surface area (TPSA) is 243 Å². The van der Waals surface area contributed by atoms with Crippen LogP contribution in [0.5, 0.6) is 0 Å². The maximum Gasteiger partial charge on any atom is 0.303 e. The Bertz CT molecular complexity index is 1650. The number of aliphatic imine (C=N–C) groups is 2. The van der Waals surface area contributed by atoms with Gasteiger partial charge in [-0.15, -0.1) is 0 Å². The number of unbranched alkanes of at least 4 members (excludes halogenated alkanes) is 18.